The van der Waals surface area contributed by atoms with Crippen LogP contribution in [0.3, 0.4) is 0 Å². The van der Waals surface area contributed by atoms with Crippen molar-refractivity contribution in [3.8, 4) is 0 Å². The number of carbonyl (C=O) groups excluding carboxylic acids is 1. The molecule has 0 saturated heterocycles. The SMILES string of the molecule is CCS(=O)(=O)N(C)CC(=O)Nc1ccc2sncc2c1. The molecular formula is C12H15N3O3S2. The van der Waals surface area contributed by atoms with Gasteiger partial charge in [-0.1, -0.05) is 0 Å². The molecule has 1 amide bonds. The number of amides is 1. The highest BCUT2D eigenvalue weighted by atomic mass is 32.2. The fourth-order valence-corrected chi connectivity index (χ4v) is 3.05. The Morgan fingerprint density at radius 1 is 1.45 bits per heavy atom. The van der Waals surface area contributed by atoms with Crippen molar-refractivity contribution in [2.24, 2.45) is 0 Å². The molecule has 108 valence electrons. The second kappa shape index (κ2) is 5.86. The van der Waals surface area contributed by atoms with Crippen molar-refractivity contribution in [3.63, 3.8) is 0 Å². The van der Waals surface area contributed by atoms with E-state index >= 15 is 0 Å². The predicted octanol–water partition coefficient (Wildman–Crippen LogP) is 1.52. The van der Waals surface area contributed by atoms with Crippen molar-refractivity contribution in [3.05, 3.63) is 24.4 Å². The minimum absolute atomic E-state index is 0.0245. The summed E-state index contributed by atoms with van der Waals surface area (Å²) in [6.07, 6.45) is 1.73. The van der Waals surface area contributed by atoms with Crippen LogP contribution in [0.5, 0.6) is 0 Å². The van der Waals surface area contributed by atoms with Crippen molar-refractivity contribution >= 4 is 43.2 Å². The van der Waals surface area contributed by atoms with Gasteiger partial charge in [0.15, 0.2) is 0 Å². The van der Waals surface area contributed by atoms with Gasteiger partial charge in [0.25, 0.3) is 0 Å². The Bertz CT molecular complexity index is 724. The van der Waals surface area contributed by atoms with E-state index in [-0.39, 0.29) is 18.2 Å². The minimum Gasteiger partial charge on any atom is -0.325 e. The third-order valence-electron chi connectivity index (χ3n) is 2.84. The summed E-state index contributed by atoms with van der Waals surface area (Å²) in [5.74, 6) is -0.393. The van der Waals surface area contributed by atoms with E-state index in [1.54, 1.807) is 19.2 Å². The first-order chi connectivity index (χ1) is 9.42. The van der Waals surface area contributed by atoms with Crippen molar-refractivity contribution in [2.45, 2.75) is 6.92 Å². The zero-order valence-electron chi connectivity index (χ0n) is 11.2. The van der Waals surface area contributed by atoms with Gasteiger partial charge in [-0.3, -0.25) is 4.79 Å². The number of hydrogen-bond acceptors (Lipinski definition) is 5. The Morgan fingerprint density at radius 2 is 2.20 bits per heavy atom. The molecule has 0 radical (unpaired) electrons. The lowest BCUT2D eigenvalue weighted by Gasteiger charge is -2.15. The molecular weight excluding hydrogens is 298 g/mol. The maximum Gasteiger partial charge on any atom is 0.239 e. The molecule has 0 aliphatic heterocycles. The van der Waals surface area contributed by atoms with Gasteiger partial charge in [0.1, 0.15) is 0 Å². The van der Waals surface area contributed by atoms with Gasteiger partial charge < -0.3 is 5.32 Å². The molecule has 1 heterocycles. The average Bonchev–Trinajstić information content (AvgIpc) is 2.85. The molecule has 1 N–H and O–H groups in total. The summed E-state index contributed by atoms with van der Waals surface area (Å²) in [5, 5.41) is 3.63. The van der Waals surface area contributed by atoms with E-state index < -0.39 is 10.0 Å². The number of rotatable bonds is 5. The summed E-state index contributed by atoms with van der Waals surface area (Å²) < 4.78 is 29.3. The van der Waals surface area contributed by atoms with Crippen LogP contribution in [0.25, 0.3) is 10.1 Å². The van der Waals surface area contributed by atoms with Gasteiger partial charge in [0.05, 0.1) is 17.0 Å². The molecule has 2 aromatic rings. The Morgan fingerprint density at radius 3 is 2.90 bits per heavy atom. The highest BCUT2D eigenvalue weighted by Gasteiger charge is 2.18. The molecule has 0 bridgehead atoms. The van der Waals surface area contributed by atoms with E-state index in [0.717, 1.165) is 14.4 Å². The van der Waals surface area contributed by atoms with E-state index in [1.165, 1.54) is 18.6 Å². The lowest BCUT2D eigenvalue weighted by Crippen LogP contribution is -2.35. The zero-order chi connectivity index (χ0) is 14.8. The van der Waals surface area contributed by atoms with Crippen LogP contribution in [0, 0.1) is 0 Å². The smallest absolute Gasteiger partial charge is 0.239 e. The van der Waals surface area contributed by atoms with Crippen LogP contribution < -0.4 is 5.32 Å². The highest BCUT2D eigenvalue weighted by Crippen LogP contribution is 2.21. The number of likely N-dealkylation sites (N-methyl/N-ethyl adjacent to an activating group) is 1. The fourth-order valence-electron chi connectivity index (χ4n) is 1.67. The van der Waals surface area contributed by atoms with Gasteiger partial charge in [-0.05, 0) is 36.7 Å². The normalized spacial score (nSPS) is 11.9. The van der Waals surface area contributed by atoms with Crippen molar-refractivity contribution in [1.29, 1.82) is 0 Å². The minimum atomic E-state index is -3.35. The summed E-state index contributed by atoms with van der Waals surface area (Å²) in [5.41, 5.74) is 0.630. The predicted molar refractivity (Wildman–Crippen MR) is 80.3 cm³/mol. The zero-order valence-corrected chi connectivity index (χ0v) is 12.8. The molecule has 0 fully saturated rings. The van der Waals surface area contributed by atoms with Crippen LogP contribution in [0.2, 0.25) is 0 Å². The first-order valence-corrected chi connectivity index (χ1v) is 8.39. The second-order valence-electron chi connectivity index (χ2n) is 4.28. The van der Waals surface area contributed by atoms with Crippen LogP contribution in [-0.4, -0.2) is 42.3 Å². The first kappa shape index (κ1) is 14.9. The standard InChI is InChI=1S/C12H15N3O3S2/c1-3-20(17,18)15(2)8-12(16)14-10-4-5-11-9(6-10)7-13-19-11/h4-7H,3,8H2,1-2H3,(H,14,16). The van der Waals surface area contributed by atoms with E-state index in [2.05, 4.69) is 9.69 Å². The number of carbonyl (C=O) groups is 1. The topological polar surface area (TPSA) is 79.4 Å². The Balaban J connectivity index is 2.04. The molecule has 0 spiro atoms. The number of nitrogens with zero attached hydrogens (tertiary/aromatic N) is 2. The summed E-state index contributed by atoms with van der Waals surface area (Å²) in [6, 6.07) is 5.45. The van der Waals surface area contributed by atoms with Gasteiger partial charge in [-0.2, -0.15) is 8.68 Å². The summed E-state index contributed by atoms with van der Waals surface area (Å²) in [4.78, 5) is 11.8. The van der Waals surface area contributed by atoms with Crippen LogP contribution in [0.4, 0.5) is 5.69 Å². The lowest BCUT2D eigenvalue weighted by atomic mass is 10.2. The summed E-state index contributed by atoms with van der Waals surface area (Å²) in [7, 11) is -1.95. The van der Waals surface area contributed by atoms with E-state index in [1.807, 2.05) is 12.1 Å². The monoisotopic (exact) mass is 313 g/mol. The van der Waals surface area contributed by atoms with E-state index in [9.17, 15) is 13.2 Å². The lowest BCUT2D eigenvalue weighted by molar-refractivity contribution is -0.116. The van der Waals surface area contributed by atoms with E-state index in [0.29, 0.717) is 5.69 Å². The molecule has 8 heteroatoms. The number of hydrogen-bond donors (Lipinski definition) is 1. The molecule has 0 aliphatic carbocycles. The molecule has 0 aliphatic rings. The Kier molecular flexibility index (Phi) is 4.36. The van der Waals surface area contributed by atoms with Gasteiger partial charge >= 0.3 is 0 Å². The molecule has 0 atom stereocenters. The highest BCUT2D eigenvalue weighted by molar-refractivity contribution is 7.89. The Hall–Kier alpha value is -1.51. The first-order valence-electron chi connectivity index (χ1n) is 6.00. The van der Waals surface area contributed by atoms with Gasteiger partial charge in [-0.25, -0.2) is 8.42 Å². The van der Waals surface area contributed by atoms with Crippen LogP contribution in [-0.2, 0) is 14.8 Å². The second-order valence-corrected chi connectivity index (χ2v) is 7.48. The number of fused-ring (bicyclic) bond motifs is 1. The third-order valence-corrected chi connectivity index (χ3v) is 5.43. The molecule has 0 saturated carbocycles. The molecule has 1 aromatic carbocycles. The molecule has 20 heavy (non-hydrogen) atoms. The van der Waals surface area contributed by atoms with E-state index in [4.69, 9.17) is 0 Å². The summed E-state index contributed by atoms with van der Waals surface area (Å²) >= 11 is 1.38. The Labute approximate surface area is 121 Å². The number of sulfonamides is 1. The van der Waals surface area contributed by atoms with Crippen molar-refractivity contribution in [1.82, 2.24) is 8.68 Å². The molecule has 6 nitrogen and oxygen atoms in total. The summed E-state index contributed by atoms with van der Waals surface area (Å²) in [6.45, 7) is 1.34. The average molecular weight is 313 g/mol. The van der Waals surface area contributed by atoms with Crippen molar-refractivity contribution < 1.29 is 13.2 Å². The number of aromatic nitrogens is 1. The third kappa shape index (κ3) is 3.33. The van der Waals surface area contributed by atoms with Gasteiger partial charge in [-0.15, -0.1) is 0 Å². The molecule has 0 unspecified atom stereocenters. The maximum absolute atomic E-state index is 11.8. The quantitative estimate of drug-likeness (QED) is 0.907. The number of nitrogens with one attached hydrogen (secondary N) is 1. The number of anilines is 1. The van der Waals surface area contributed by atoms with Crippen LogP contribution >= 0.6 is 11.5 Å². The van der Waals surface area contributed by atoms with Crippen molar-refractivity contribution in [2.75, 3.05) is 24.7 Å². The van der Waals surface area contributed by atoms with Crippen LogP contribution in [0.15, 0.2) is 24.4 Å². The molecule has 1 aromatic heterocycles. The molecule has 2 rings (SSSR count). The maximum atomic E-state index is 11.8. The van der Waals surface area contributed by atoms with Gasteiger partial charge in [0.2, 0.25) is 15.9 Å². The number of benzene rings is 1. The van der Waals surface area contributed by atoms with Gasteiger partial charge in [0, 0.05) is 24.3 Å². The fraction of sp³-hybridized carbons (Fsp3) is 0.333. The van der Waals surface area contributed by atoms with Crippen LogP contribution in [0.1, 0.15) is 6.92 Å². The largest absolute Gasteiger partial charge is 0.325 e.